The van der Waals surface area contributed by atoms with Gasteiger partial charge < -0.3 is 5.73 Å². The molecule has 0 bridgehead atoms. The fraction of sp³-hybridized carbons (Fsp3) is 1.00. The highest BCUT2D eigenvalue weighted by Gasteiger charge is 2.37. The molecular formula is C13H29NO2S. The highest BCUT2D eigenvalue weighted by molar-refractivity contribution is 7.92. The molecule has 0 rings (SSSR count). The molecule has 2 unspecified atom stereocenters. The zero-order valence-corrected chi connectivity index (χ0v) is 12.8. The quantitative estimate of drug-likeness (QED) is 0.732. The van der Waals surface area contributed by atoms with Gasteiger partial charge in [0.15, 0.2) is 9.84 Å². The summed E-state index contributed by atoms with van der Waals surface area (Å²) in [6.07, 6.45) is 6.69. The minimum atomic E-state index is -3.10. The van der Waals surface area contributed by atoms with Crippen molar-refractivity contribution in [2.45, 2.75) is 70.6 Å². The molecule has 0 aliphatic heterocycles. The molecule has 17 heavy (non-hydrogen) atoms. The van der Waals surface area contributed by atoms with Gasteiger partial charge in [0.2, 0.25) is 0 Å². The van der Waals surface area contributed by atoms with Crippen LogP contribution in [0.1, 0.15) is 59.8 Å². The molecule has 0 saturated carbocycles. The summed E-state index contributed by atoms with van der Waals surface area (Å²) in [5, 5.41) is 0. The largest absolute Gasteiger partial charge is 0.326 e. The first-order chi connectivity index (χ1) is 7.66. The molecule has 0 fully saturated rings. The maximum Gasteiger partial charge on any atom is 0.154 e. The summed E-state index contributed by atoms with van der Waals surface area (Å²) in [6.45, 7) is 7.80. The maximum atomic E-state index is 11.7. The second-order valence-electron chi connectivity index (χ2n) is 5.63. The molecule has 0 aromatic heterocycles. The van der Waals surface area contributed by atoms with Crippen LogP contribution in [-0.4, -0.2) is 25.5 Å². The molecule has 0 amide bonds. The van der Waals surface area contributed by atoms with Gasteiger partial charge in [0.25, 0.3) is 0 Å². The summed E-state index contributed by atoms with van der Waals surface area (Å²) in [4.78, 5) is 0. The SMILES string of the molecule is CCCCC(CC)CC(N)C(C)(C)S(C)(=O)=O. The maximum absolute atomic E-state index is 11.7. The summed E-state index contributed by atoms with van der Waals surface area (Å²) in [7, 11) is -3.10. The van der Waals surface area contributed by atoms with Crippen LogP contribution in [0.2, 0.25) is 0 Å². The van der Waals surface area contributed by atoms with E-state index < -0.39 is 14.6 Å². The molecule has 2 atom stereocenters. The van der Waals surface area contributed by atoms with Crippen LogP contribution in [0.15, 0.2) is 0 Å². The van der Waals surface area contributed by atoms with E-state index in [1.807, 2.05) is 0 Å². The fourth-order valence-corrected chi connectivity index (χ4v) is 2.55. The lowest BCUT2D eigenvalue weighted by molar-refractivity contribution is 0.349. The van der Waals surface area contributed by atoms with Crippen molar-refractivity contribution < 1.29 is 8.42 Å². The van der Waals surface area contributed by atoms with Gasteiger partial charge in [-0.1, -0.05) is 39.5 Å². The summed E-state index contributed by atoms with van der Waals surface area (Å²) < 4.78 is 22.6. The average molecular weight is 263 g/mol. The Morgan fingerprint density at radius 1 is 1.24 bits per heavy atom. The Balaban J connectivity index is 4.56. The van der Waals surface area contributed by atoms with Gasteiger partial charge in [-0.2, -0.15) is 0 Å². The van der Waals surface area contributed by atoms with E-state index in [2.05, 4.69) is 13.8 Å². The standard InChI is InChI=1S/C13H29NO2S/c1-6-8-9-11(7-2)10-12(14)13(3,4)17(5,15)16/h11-12H,6-10,14H2,1-5H3. The first-order valence-corrected chi connectivity index (χ1v) is 8.51. The van der Waals surface area contributed by atoms with Crippen molar-refractivity contribution in [3.05, 3.63) is 0 Å². The minimum absolute atomic E-state index is 0.278. The van der Waals surface area contributed by atoms with Gasteiger partial charge >= 0.3 is 0 Å². The Labute approximate surface area is 107 Å². The van der Waals surface area contributed by atoms with Gasteiger partial charge in [0.05, 0.1) is 4.75 Å². The molecule has 3 nitrogen and oxygen atoms in total. The van der Waals surface area contributed by atoms with E-state index in [1.54, 1.807) is 13.8 Å². The summed E-state index contributed by atoms with van der Waals surface area (Å²) in [5.41, 5.74) is 6.11. The second-order valence-corrected chi connectivity index (χ2v) is 8.23. The molecule has 0 aliphatic rings. The summed E-state index contributed by atoms with van der Waals surface area (Å²) in [6, 6.07) is -0.278. The van der Waals surface area contributed by atoms with E-state index in [9.17, 15) is 8.42 Å². The van der Waals surface area contributed by atoms with Crippen LogP contribution in [0.3, 0.4) is 0 Å². The fourth-order valence-electron chi connectivity index (χ4n) is 1.90. The highest BCUT2D eigenvalue weighted by atomic mass is 32.2. The van der Waals surface area contributed by atoms with Crippen molar-refractivity contribution in [2.75, 3.05) is 6.26 Å². The van der Waals surface area contributed by atoms with Crippen LogP contribution in [0.5, 0.6) is 0 Å². The van der Waals surface area contributed by atoms with E-state index in [0.717, 1.165) is 19.3 Å². The molecule has 2 N–H and O–H groups in total. The first kappa shape index (κ1) is 16.9. The Morgan fingerprint density at radius 3 is 2.12 bits per heavy atom. The highest BCUT2D eigenvalue weighted by Crippen LogP contribution is 2.26. The van der Waals surface area contributed by atoms with Crippen LogP contribution < -0.4 is 5.73 Å². The van der Waals surface area contributed by atoms with E-state index in [4.69, 9.17) is 5.73 Å². The van der Waals surface area contributed by atoms with Crippen LogP contribution in [-0.2, 0) is 9.84 Å². The molecule has 0 spiro atoms. The number of sulfone groups is 1. The lowest BCUT2D eigenvalue weighted by atomic mass is 9.88. The van der Waals surface area contributed by atoms with Crippen LogP contribution in [0, 0.1) is 5.92 Å². The lowest BCUT2D eigenvalue weighted by Gasteiger charge is -2.32. The van der Waals surface area contributed by atoms with Crippen molar-refractivity contribution in [1.29, 1.82) is 0 Å². The number of nitrogens with two attached hydrogens (primary N) is 1. The third-order valence-electron chi connectivity index (χ3n) is 3.98. The smallest absolute Gasteiger partial charge is 0.154 e. The van der Waals surface area contributed by atoms with Crippen LogP contribution in [0.4, 0.5) is 0 Å². The number of unbranched alkanes of at least 4 members (excludes halogenated alkanes) is 1. The Morgan fingerprint density at radius 2 is 1.76 bits per heavy atom. The van der Waals surface area contributed by atoms with E-state index in [-0.39, 0.29) is 6.04 Å². The third-order valence-corrected chi connectivity index (χ3v) is 6.19. The van der Waals surface area contributed by atoms with Gasteiger partial charge in [-0.15, -0.1) is 0 Å². The molecule has 0 aliphatic carbocycles. The Kier molecular flexibility index (Phi) is 6.70. The number of hydrogen-bond donors (Lipinski definition) is 1. The molecule has 0 heterocycles. The zero-order valence-electron chi connectivity index (χ0n) is 12.0. The predicted molar refractivity (Wildman–Crippen MR) is 74.8 cm³/mol. The monoisotopic (exact) mass is 263 g/mol. The van der Waals surface area contributed by atoms with E-state index in [0.29, 0.717) is 5.92 Å². The average Bonchev–Trinajstić information content (AvgIpc) is 2.22. The minimum Gasteiger partial charge on any atom is -0.326 e. The predicted octanol–water partition coefficient (Wildman–Crippen LogP) is 2.74. The number of rotatable bonds is 8. The molecule has 0 saturated heterocycles. The van der Waals surface area contributed by atoms with Crippen molar-refractivity contribution in [3.8, 4) is 0 Å². The normalized spacial score (nSPS) is 16.8. The van der Waals surface area contributed by atoms with Crippen molar-refractivity contribution in [2.24, 2.45) is 11.7 Å². The van der Waals surface area contributed by atoms with Crippen LogP contribution in [0.25, 0.3) is 0 Å². The van der Waals surface area contributed by atoms with E-state index in [1.165, 1.54) is 19.1 Å². The van der Waals surface area contributed by atoms with Gasteiger partial charge in [-0.3, -0.25) is 0 Å². The van der Waals surface area contributed by atoms with Gasteiger partial charge in [-0.25, -0.2) is 8.42 Å². The Hall–Kier alpha value is -0.0900. The third kappa shape index (κ3) is 4.96. The molecule has 0 radical (unpaired) electrons. The summed E-state index contributed by atoms with van der Waals surface area (Å²) >= 11 is 0. The van der Waals surface area contributed by atoms with Crippen molar-refractivity contribution in [1.82, 2.24) is 0 Å². The van der Waals surface area contributed by atoms with E-state index >= 15 is 0 Å². The lowest BCUT2D eigenvalue weighted by Crippen LogP contribution is -2.49. The molecule has 104 valence electrons. The topological polar surface area (TPSA) is 60.2 Å². The van der Waals surface area contributed by atoms with Gasteiger partial charge in [0.1, 0.15) is 0 Å². The van der Waals surface area contributed by atoms with Gasteiger partial charge in [0, 0.05) is 12.3 Å². The van der Waals surface area contributed by atoms with Crippen molar-refractivity contribution >= 4 is 9.84 Å². The number of hydrogen-bond acceptors (Lipinski definition) is 3. The molecule has 4 heteroatoms. The van der Waals surface area contributed by atoms with Crippen LogP contribution >= 0.6 is 0 Å². The zero-order chi connectivity index (χ0) is 13.7. The molecule has 0 aromatic rings. The molecule has 0 aromatic carbocycles. The summed E-state index contributed by atoms with van der Waals surface area (Å²) in [5.74, 6) is 0.547. The second kappa shape index (κ2) is 6.74. The Bertz CT molecular complexity index is 309. The van der Waals surface area contributed by atoms with Crippen molar-refractivity contribution in [3.63, 3.8) is 0 Å². The molecular weight excluding hydrogens is 234 g/mol. The van der Waals surface area contributed by atoms with Gasteiger partial charge in [-0.05, 0) is 26.2 Å². The first-order valence-electron chi connectivity index (χ1n) is 6.61.